The molecule has 0 aromatic carbocycles. The van der Waals surface area contributed by atoms with Crippen LogP contribution in [-0.2, 0) is 0 Å². The number of aliphatic hydroxyl groups excluding tert-OH is 1. The first kappa shape index (κ1) is 10.4. The molecule has 0 bridgehead atoms. The lowest BCUT2D eigenvalue weighted by Crippen LogP contribution is -2.41. The standard InChI is InChI=1S/C11H17N3O/c15-8-2-7-14(10-3-1-4-10)11-9-12-5-6-13-11/h5-6,9-10,15H,1-4,7-8H2. The average Bonchev–Trinajstić information content (AvgIpc) is 2.22. The highest BCUT2D eigenvalue weighted by molar-refractivity contribution is 5.37. The minimum absolute atomic E-state index is 0.240. The molecular formula is C11H17N3O. The first-order chi connectivity index (χ1) is 7.42. The summed E-state index contributed by atoms with van der Waals surface area (Å²) in [7, 11) is 0. The molecule has 0 saturated heterocycles. The Hall–Kier alpha value is -1.16. The van der Waals surface area contributed by atoms with Crippen LogP contribution in [0.15, 0.2) is 18.6 Å². The first-order valence-electron chi connectivity index (χ1n) is 5.55. The van der Waals surface area contributed by atoms with Crippen LogP contribution in [-0.4, -0.2) is 34.3 Å². The summed E-state index contributed by atoms with van der Waals surface area (Å²) in [6, 6.07) is 0.605. The lowest BCUT2D eigenvalue weighted by Gasteiger charge is -2.38. The fraction of sp³-hybridized carbons (Fsp3) is 0.636. The summed E-state index contributed by atoms with van der Waals surface area (Å²) in [5.74, 6) is 0.940. The van der Waals surface area contributed by atoms with Crippen molar-refractivity contribution < 1.29 is 5.11 Å². The minimum Gasteiger partial charge on any atom is -0.396 e. The predicted octanol–water partition coefficient (Wildman–Crippen LogP) is 1.22. The maximum absolute atomic E-state index is 8.87. The molecule has 0 aliphatic heterocycles. The summed E-state index contributed by atoms with van der Waals surface area (Å²) in [6.45, 7) is 1.11. The number of anilines is 1. The fourth-order valence-electron chi connectivity index (χ4n) is 1.86. The van der Waals surface area contributed by atoms with Crippen LogP contribution in [0.4, 0.5) is 5.82 Å². The molecule has 1 aliphatic carbocycles. The number of rotatable bonds is 5. The molecule has 0 atom stereocenters. The Morgan fingerprint density at radius 1 is 1.40 bits per heavy atom. The summed E-state index contributed by atoms with van der Waals surface area (Å²) in [5, 5.41) is 8.87. The molecule has 1 N–H and O–H groups in total. The normalized spacial score (nSPS) is 16.1. The number of hydrogen-bond donors (Lipinski definition) is 1. The van der Waals surface area contributed by atoms with Crippen LogP contribution in [0.1, 0.15) is 25.7 Å². The Balaban J connectivity index is 2.04. The maximum Gasteiger partial charge on any atom is 0.147 e. The zero-order valence-electron chi connectivity index (χ0n) is 8.84. The third kappa shape index (κ3) is 2.45. The van der Waals surface area contributed by atoms with Gasteiger partial charge in [-0.05, 0) is 25.7 Å². The zero-order valence-corrected chi connectivity index (χ0v) is 8.84. The van der Waals surface area contributed by atoms with E-state index in [2.05, 4.69) is 14.9 Å². The van der Waals surface area contributed by atoms with Crippen LogP contribution >= 0.6 is 0 Å². The summed E-state index contributed by atoms with van der Waals surface area (Å²) in [5.41, 5.74) is 0. The molecule has 0 radical (unpaired) electrons. The van der Waals surface area contributed by atoms with Crippen molar-refractivity contribution in [2.24, 2.45) is 0 Å². The molecule has 4 heteroatoms. The van der Waals surface area contributed by atoms with Crippen LogP contribution in [0.2, 0.25) is 0 Å². The van der Waals surface area contributed by atoms with Gasteiger partial charge >= 0.3 is 0 Å². The van der Waals surface area contributed by atoms with E-state index in [0.717, 1.165) is 18.8 Å². The molecule has 2 rings (SSSR count). The molecule has 1 heterocycles. The summed E-state index contributed by atoms with van der Waals surface area (Å²) in [6.07, 6.45) is 9.79. The van der Waals surface area contributed by atoms with Crippen molar-refractivity contribution in [2.75, 3.05) is 18.1 Å². The monoisotopic (exact) mass is 207 g/mol. The minimum atomic E-state index is 0.240. The van der Waals surface area contributed by atoms with Crippen molar-refractivity contribution in [3.63, 3.8) is 0 Å². The molecule has 1 aromatic heterocycles. The highest BCUT2D eigenvalue weighted by atomic mass is 16.3. The van der Waals surface area contributed by atoms with Crippen molar-refractivity contribution in [1.29, 1.82) is 0 Å². The highest BCUT2D eigenvalue weighted by Gasteiger charge is 2.25. The molecule has 1 aromatic rings. The van der Waals surface area contributed by atoms with Gasteiger partial charge in [-0.1, -0.05) is 0 Å². The SMILES string of the molecule is OCCCN(c1cnccn1)C1CCC1. The van der Waals surface area contributed by atoms with Crippen molar-refractivity contribution >= 4 is 5.82 Å². The van der Waals surface area contributed by atoms with Gasteiger partial charge in [-0.15, -0.1) is 0 Å². The largest absolute Gasteiger partial charge is 0.396 e. The lowest BCUT2D eigenvalue weighted by atomic mass is 9.91. The number of aliphatic hydroxyl groups is 1. The van der Waals surface area contributed by atoms with E-state index >= 15 is 0 Å². The van der Waals surface area contributed by atoms with Crippen molar-refractivity contribution in [1.82, 2.24) is 9.97 Å². The van der Waals surface area contributed by atoms with Crippen LogP contribution in [0, 0.1) is 0 Å². The van der Waals surface area contributed by atoms with Gasteiger partial charge < -0.3 is 10.0 Å². The van der Waals surface area contributed by atoms with Gasteiger partial charge in [0.2, 0.25) is 0 Å². The summed E-state index contributed by atoms with van der Waals surface area (Å²) in [4.78, 5) is 10.7. The highest BCUT2D eigenvalue weighted by Crippen LogP contribution is 2.27. The predicted molar refractivity (Wildman–Crippen MR) is 58.7 cm³/mol. The molecule has 1 fully saturated rings. The fourth-order valence-corrected chi connectivity index (χ4v) is 1.86. The van der Waals surface area contributed by atoms with E-state index in [4.69, 9.17) is 5.11 Å². The second-order valence-electron chi connectivity index (χ2n) is 3.92. The average molecular weight is 207 g/mol. The van der Waals surface area contributed by atoms with Gasteiger partial charge in [0.1, 0.15) is 5.82 Å². The molecule has 4 nitrogen and oxygen atoms in total. The summed E-state index contributed by atoms with van der Waals surface area (Å²) < 4.78 is 0. The second-order valence-corrected chi connectivity index (χ2v) is 3.92. The van der Waals surface area contributed by atoms with E-state index in [1.807, 2.05) is 0 Å². The van der Waals surface area contributed by atoms with Crippen molar-refractivity contribution in [3.8, 4) is 0 Å². The zero-order chi connectivity index (χ0) is 10.5. The van der Waals surface area contributed by atoms with Crippen LogP contribution in [0.3, 0.4) is 0 Å². The maximum atomic E-state index is 8.87. The van der Waals surface area contributed by atoms with Gasteiger partial charge in [-0.3, -0.25) is 4.98 Å². The Kier molecular flexibility index (Phi) is 3.50. The van der Waals surface area contributed by atoms with E-state index < -0.39 is 0 Å². The van der Waals surface area contributed by atoms with Gasteiger partial charge in [0.25, 0.3) is 0 Å². The van der Waals surface area contributed by atoms with Crippen molar-refractivity contribution in [3.05, 3.63) is 18.6 Å². The molecule has 0 amide bonds. The topological polar surface area (TPSA) is 49.2 Å². The Bertz CT molecular complexity index is 287. The molecule has 1 saturated carbocycles. The van der Waals surface area contributed by atoms with E-state index in [-0.39, 0.29) is 6.61 Å². The molecular weight excluding hydrogens is 190 g/mol. The molecule has 82 valence electrons. The third-order valence-electron chi connectivity index (χ3n) is 2.92. The lowest BCUT2D eigenvalue weighted by molar-refractivity contribution is 0.282. The van der Waals surface area contributed by atoms with Crippen LogP contribution < -0.4 is 4.90 Å². The Morgan fingerprint density at radius 3 is 2.80 bits per heavy atom. The van der Waals surface area contributed by atoms with Gasteiger partial charge in [0, 0.05) is 31.6 Å². The molecule has 0 unspecified atom stereocenters. The van der Waals surface area contributed by atoms with Gasteiger partial charge in [0.15, 0.2) is 0 Å². The number of aromatic nitrogens is 2. The molecule has 15 heavy (non-hydrogen) atoms. The Morgan fingerprint density at radius 2 is 2.27 bits per heavy atom. The quantitative estimate of drug-likeness (QED) is 0.788. The van der Waals surface area contributed by atoms with E-state index in [1.54, 1.807) is 18.6 Å². The molecule has 0 spiro atoms. The van der Waals surface area contributed by atoms with E-state index in [1.165, 1.54) is 19.3 Å². The first-order valence-corrected chi connectivity index (χ1v) is 5.55. The van der Waals surface area contributed by atoms with Gasteiger partial charge in [-0.25, -0.2) is 4.98 Å². The van der Waals surface area contributed by atoms with Crippen LogP contribution in [0.5, 0.6) is 0 Å². The number of hydrogen-bond acceptors (Lipinski definition) is 4. The third-order valence-corrected chi connectivity index (χ3v) is 2.92. The molecule has 1 aliphatic rings. The smallest absolute Gasteiger partial charge is 0.147 e. The number of nitrogens with zero attached hydrogens (tertiary/aromatic N) is 3. The van der Waals surface area contributed by atoms with E-state index in [9.17, 15) is 0 Å². The van der Waals surface area contributed by atoms with E-state index in [0.29, 0.717) is 6.04 Å². The van der Waals surface area contributed by atoms with Gasteiger partial charge in [-0.2, -0.15) is 0 Å². The Labute approximate surface area is 90.0 Å². The second kappa shape index (κ2) is 5.07. The van der Waals surface area contributed by atoms with Crippen molar-refractivity contribution in [2.45, 2.75) is 31.7 Å². The van der Waals surface area contributed by atoms with Gasteiger partial charge in [0.05, 0.1) is 6.20 Å². The van der Waals surface area contributed by atoms with Crippen LogP contribution in [0.25, 0.3) is 0 Å². The summed E-state index contributed by atoms with van der Waals surface area (Å²) >= 11 is 0.